The van der Waals surface area contributed by atoms with Crippen molar-refractivity contribution in [2.45, 2.75) is 12.8 Å². The number of anilines is 1. The van der Waals surface area contributed by atoms with E-state index in [9.17, 15) is 13.2 Å². The molecule has 0 atom stereocenters. The van der Waals surface area contributed by atoms with Crippen LogP contribution in [-0.2, 0) is 14.8 Å². The molecule has 0 saturated carbocycles. The molecule has 1 saturated heterocycles. The van der Waals surface area contributed by atoms with Gasteiger partial charge >= 0.3 is 0 Å². The molecule has 3 rings (SSSR count). The lowest BCUT2D eigenvalue weighted by atomic mass is 9.97. The highest BCUT2D eigenvalue weighted by Crippen LogP contribution is 2.21. The van der Waals surface area contributed by atoms with Gasteiger partial charge in [-0.25, -0.2) is 22.7 Å². The fraction of sp³-hybridized carbons (Fsp3) is 0.462. The Balaban J connectivity index is 1.63. The summed E-state index contributed by atoms with van der Waals surface area (Å²) < 4.78 is 24.3. The predicted octanol–water partition coefficient (Wildman–Crippen LogP) is 0.568. The second-order valence-electron chi connectivity index (χ2n) is 5.42. The highest BCUT2D eigenvalue weighted by molar-refractivity contribution is 7.88. The highest BCUT2D eigenvalue weighted by atomic mass is 32.2. The number of nitrogens with zero attached hydrogens (tertiary/aromatic N) is 3. The number of rotatable bonds is 3. The van der Waals surface area contributed by atoms with Gasteiger partial charge in [0.2, 0.25) is 15.9 Å². The van der Waals surface area contributed by atoms with Crippen LogP contribution in [0.3, 0.4) is 0 Å². The fourth-order valence-corrected chi connectivity index (χ4v) is 3.47. The van der Waals surface area contributed by atoms with Gasteiger partial charge in [0.05, 0.1) is 30.0 Å². The lowest BCUT2D eigenvalue weighted by molar-refractivity contribution is -0.120. The lowest BCUT2D eigenvalue weighted by Crippen LogP contribution is -2.40. The zero-order chi connectivity index (χ0) is 15.7. The maximum absolute atomic E-state index is 12.3. The average Bonchev–Trinajstić information content (AvgIpc) is 2.94. The second kappa shape index (κ2) is 5.65. The molecule has 118 valence electrons. The predicted molar refractivity (Wildman–Crippen MR) is 81.7 cm³/mol. The monoisotopic (exact) mass is 323 g/mol. The summed E-state index contributed by atoms with van der Waals surface area (Å²) in [5.41, 5.74) is 1.96. The Kier molecular flexibility index (Phi) is 3.83. The molecule has 0 aliphatic carbocycles. The summed E-state index contributed by atoms with van der Waals surface area (Å²) in [5, 5.41) is 2.83. The maximum atomic E-state index is 12.3. The number of sulfonamides is 1. The molecular formula is C13H17N5O3S. The molecule has 1 fully saturated rings. The minimum absolute atomic E-state index is 0.103. The van der Waals surface area contributed by atoms with Gasteiger partial charge in [0, 0.05) is 19.0 Å². The maximum Gasteiger partial charge on any atom is 0.227 e. The first-order valence-electron chi connectivity index (χ1n) is 6.98. The summed E-state index contributed by atoms with van der Waals surface area (Å²) >= 11 is 0. The molecule has 0 radical (unpaired) electrons. The Morgan fingerprint density at radius 2 is 2.09 bits per heavy atom. The minimum atomic E-state index is -3.17. The molecular weight excluding hydrogens is 306 g/mol. The third-order valence-electron chi connectivity index (χ3n) is 3.83. The fourth-order valence-electron chi connectivity index (χ4n) is 2.59. The summed E-state index contributed by atoms with van der Waals surface area (Å²) in [6.45, 7) is 0.767. The molecule has 0 aromatic carbocycles. The topological polar surface area (TPSA) is 108 Å². The van der Waals surface area contributed by atoms with Crippen LogP contribution in [0.1, 0.15) is 12.8 Å². The van der Waals surface area contributed by atoms with Crippen LogP contribution >= 0.6 is 0 Å². The number of pyridine rings is 1. The molecule has 1 amide bonds. The summed E-state index contributed by atoms with van der Waals surface area (Å²) in [6, 6.07) is 1.78. The minimum Gasteiger partial charge on any atom is -0.343 e. The number of hydrogen-bond acceptors (Lipinski definition) is 5. The van der Waals surface area contributed by atoms with Crippen LogP contribution in [0, 0.1) is 5.92 Å². The standard InChI is InChI=1S/C13H17N5O3S/c1-22(20,21)18-4-2-9(3-5-18)13(19)17-10-6-11-12(14-7-10)16-8-15-11/h6-9H,2-5H2,1H3,(H,17,19)(H,14,15,16). The smallest absolute Gasteiger partial charge is 0.227 e. The molecule has 9 heteroatoms. The molecule has 0 unspecified atom stereocenters. The Bertz CT molecular complexity index is 793. The van der Waals surface area contributed by atoms with E-state index in [0.29, 0.717) is 37.3 Å². The first-order chi connectivity index (χ1) is 10.4. The van der Waals surface area contributed by atoms with E-state index in [2.05, 4.69) is 20.3 Å². The molecule has 2 aromatic rings. The summed E-state index contributed by atoms with van der Waals surface area (Å²) in [6.07, 6.45) is 5.35. The third kappa shape index (κ3) is 3.09. The van der Waals surface area contributed by atoms with Crippen molar-refractivity contribution >= 4 is 32.8 Å². The van der Waals surface area contributed by atoms with Crippen molar-refractivity contribution in [1.29, 1.82) is 0 Å². The molecule has 1 aliphatic heterocycles. The molecule has 8 nitrogen and oxygen atoms in total. The van der Waals surface area contributed by atoms with E-state index in [1.165, 1.54) is 10.6 Å². The van der Waals surface area contributed by atoms with Gasteiger partial charge in [-0.2, -0.15) is 0 Å². The van der Waals surface area contributed by atoms with Crippen LogP contribution in [0.25, 0.3) is 11.2 Å². The van der Waals surface area contributed by atoms with E-state index in [0.717, 1.165) is 5.52 Å². The Morgan fingerprint density at radius 1 is 1.36 bits per heavy atom. The van der Waals surface area contributed by atoms with E-state index in [-0.39, 0.29) is 11.8 Å². The van der Waals surface area contributed by atoms with Gasteiger partial charge in [0.1, 0.15) is 0 Å². The van der Waals surface area contributed by atoms with E-state index < -0.39 is 10.0 Å². The summed E-state index contributed by atoms with van der Waals surface area (Å²) in [5.74, 6) is -0.288. The van der Waals surface area contributed by atoms with Crippen molar-refractivity contribution in [3.05, 3.63) is 18.6 Å². The normalized spacial score (nSPS) is 17.7. The van der Waals surface area contributed by atoms with Gasteiger partial charge in [-0.1, -0.05) is 0 Å². The molecule has 0 bridgehead atoms. The number of imidazole rings is 1. The van der Waals surface area contributed by atoms with Gasteiger partial charge in [0.25, 0.3) is 0 Å². The molecule has 22 heavy (non-hydrogen) atoms. The van der Waals surface area contributed by atoms with Crippen LogP contribution in [0.4, 0.5) is 5.69 Å². The average molecular weight is 323 g/mol. The first-order valence-corrected chi connectivity index (χ1v) is 8.83. The van der Waals surface area contributed by atoms with Gasteiger partial charge < -0.3 is 10.3 Å². The zero-order valence-electron chi connectivity index (χ0n) is 12.1. The van der Waals surface area contributed by atoms with Crippen molar-refractivity contribution in [2.24, 2.45) is 5.92 Å². The van der Waals surface area contributed by atoms with E-state index in [1.54, 1.807) is 18.6 Å². The molecule has 0 spiro atoms. The molecule has 1 aliphatic rings. The van der Waals surface area contributed by atoms with Crippen LogP contribution in [0.5, 0.6) is 0 Å². The molecule has 2 aromatic heterocycles. The van der Waals surface area contributed by atoms with Gasteiger partial charge in [-0.3, -0.25) is 4.79 Å². The van der Waals surface area contributed by atoms with Gasteiger partial charge in [-0.05, 0) is 18.9 Å². The van der Waals surface area contributed by atoms with Crippen LogP contribution in [-0.4, -0.2) is 52.9 Å². The number of carbonyl (C=O) groups excluding carboxylic acids is 1. The lowest BCUT2D eigenvalue weighted by Gasteiger charge is -2.29. The third-order valence-corrected chi connectivity index (χ3v) is 5.14. The van der Waals surface area contributed by atoms with Crippen molar-refractivity contribution in [3.8, 4) is 0 Å². The highest BCUT2D eigenvalue weighted by Gasteiger charge is 2.28. The first kappa shape index (κ1) is 14.9. The quantitative estimate of drug-likeness (QED) is 0.858. The number of fused-ring (bicyclic) bond motifs is 1. The largest absolute Gasteiger partial charge is 0.343 e. The zero-order valence-corrected chi connectivity index (χ0v) is 12.9. The Labute approximate surface area is 128 Å². The number of piperidine rings is 1. The van der Waals surface area contributed by atoms with E-state index in [1.807, 2.05) is 0 Å². The number of hydrogen-bond donors (Lipinski definition) is 2. The van der Waals surface area contributed by atoms with Gasteiger partial charge in [0.15, 0.2) is 5.65 Å². The van der Waals surface area contributed by atoms with Crippen molar-refractivity contribution in [2.75, 3.05) is 24.7 Å². The number of aromatic nitrogens is 3. The van der Waals surface area contributed by atoms with Gasteiger partial charge in [-0.15, -0.1) is 0 Å². The summed E-state index contributed by atoms with van der Waals surface area (Å²) in [7, 11) is -3.17. The number of amides is 1. The van der Waals surface area contributed by atoms with Crippen molar-refractivity contribution < 1.29 is 13.2 Å². The summed E-state index contributed by atoms with van der Waals surface area (Å²) in [4.78, 5) is 23.4. The molecule has 2 N–H and O–H groups in total. The van der Waals surface area contributed by atoms with E-state index in [4.69, 9.17) is 0 Å². The van der Waals surface area contributed by atoms with Crippen LogP contribution in [0.2, 0.25) is 0 Å². The van der Waals surface area contributed by atoms with Crippen LogP contribution in [0.15, 0.2) is 18.6 Å². The number of carbonyl (C=O) groups is 1. The van der Waals surface area contributed by atoms with E-state index >= 15 is 0 Å². The van der Waals surface area contributed by atoms with Crippen LogP contribution < -0.4 is 5.32 Å². The SMILES string of the molecule is CS(=O)(=O)N1CCC(C(=O)Nc2cnc3nc[nH]c3c2)CC1. The Hall–Kier alpha value is -2.00. The Morgan fingerprint density at radius 3 is 2.77 bits per heavy atom. The number of nitrogens with one attached hydrogen (secondary N) is 2. The molecule has 3 heterocycles. The second-order valence-corrected chi connectivity index (χ2v) is 7.41. The number of H-pyrrole nitrogens is 1. The number of aromatic amines is 1. The van der Waals surface area contributed by atoms with Crippen molar-refractivity contribution in [1.82, 2.24) is 19.3 Å². The van der Waals surface area contributed by atoms with Crippen molar-refractivity contribution in [3.63, 3.8) is 0 Å².